The van der Waals surface area contributed by atoms with Crippen LogP contribution in [0.25, 0.3) is 11.3 Å². The number of hydrazine groups is 1. The van der Waals surface area contributed by atoms with Crippen LogP contribution < -0.4 is 21.3 Å². The van der Waals surface area contributed by atoms with Crippen molar-refractivity contribution in [2.24, 2.45) is 5.84 Å². The summed E-state index contributed by atoms with van der Waals surface area (Å²) in [5.74, 6) is 5.73. The summed E-state index contributed by atoms with van der Waals surface area (Å²) >= 11 is 1.53. The molecule has 1 aromatic carbocycles. The zero-order chi connectivity index (χ0) is 16.7. The average Bonchev–Trinajstić information content (AvgIpc) is 3.01. The van der Waals surface area contributed by atoms with E-state index >= 15 is 0 Å². The summed E-state index contributed by atoms with van der Waals surface area (Å²) in [7, 11) is 1.63. The van der Waals surface area contributed by atoms with Gasteiger partial charge in [-0.2, -0.15) is 0 Å². The number of nitrogens with two attached hydrogens (primary N) is 1. The number of methoxy groups -OCH3 is 1. The molecule has 0 unspecified atom stereocenters. The molecule has 122 valence electrons. The number of thiazole rings is 1. The summed E-state index contributed by atoms with van der Waals surface area (Å²) in [5, 5.41) is 3.99. The van der Waals surface area contributed by atoms with E-state index < -0.39 is 0 Å². The fraction of sp³-hybridized carbons (Fsp3) is 0.250. The molecule has 23 heavy (non-hydrogen) atoms. The summed E-state index contributed by atoms with van der Waals surface area (Å²) in [6, 6.07) is 7.69. The number of hydrogen-bond acceptors (Lipinski definition) is 6. The first kappa shape index (κ1) is 17.0. The maximum atomic E-state index is 11.4. The van der Waals surface area contributed by atoms with Crippen LogP contribution in [0.3, 0.4) is 0 Å². The van der Waals surface area contributed by atoms with Crippen molar-refractivity contribution in [1.29, 1.82) is 0 Å². The number of rotatable bonds is 8. The van der Waals surface area contributed by atoms with Gasteiger partial charge in [0.2, 0.25) is 5.91 Å². The van der Waals surface area contributed by atoms with Crippen LogP contribution >= 0.6 is 11.3 Å². The van der Waals surface area contributed by atoms with E-state index in [-0.39, 0.29) is 5.91 Å². The van der Waals surface area contributed by atoms with Gasteiger partial charge in [0, 0.05) is 23.4 Å². The number of carbonyl (C=O) groups is 1. The highest BCUT2D eigenvalue weighted by Crippen LogP contribution is 2.33. The van der Waals surface area contributed by atoms with Crippen molar-refractivity contribution < 1.29 is 9.53 Å². The number of aryl methyl sites for hydroxylation is 1. The zero-order valence-corrected chi connectivity index (χ0v) is 13.8. The number of nitrogens with zero attached hydrogens (tertiary/aromatic N) is 1. The molecule has 0 aliphatic carbocycles. The van der Waals surface area contributed by atoms with Gasteiger partial charge in [-0.3, -0.25) is 10.2 Å². The molecule has 0 aliphatic heterocycles. The quantitative estimate of drug-likeness (QED) is 0.299. The molecule has 1 aromatic heterocycles. The monoisotopic (exact) mass is 332 g/mol. The summed E-state index contributed by atoms with van der Waals surface area (Å²) in [6.07, 6.45) is 2.68. The Hall–Kier alpha value is -2.38. The topological polar surface area (TPSA) is 89.3 Å². The fourth-order valence-corrected chi connectivity index (χ4v) is 3.02. The molecule has 0 saturated carbocycles. The molecule has 2 rings (SSSR count). The number of nitrogens with one attached hydrogen (secondary N) is 2. The molecule has 4 N–H and O–H groups in total. The summed E-state index contributed by atoms with van der Waals surface area (Å²) in [5.41, 5.74) is 4.00. The number of benzene rings is 1. The summed E-state index contributed by atoms with van der Waals surface area (Å²) in [4.78, 5) is 17.1. The van der Waals surface area contributed by atoms with Crippen LogP contribution in [0.1, 0.15) is 11.3 Å². The van der Waals surface area contributed by atoms with Gasteiger partial charge >= 0.3 is 0 Å². The molecule has 1 amide bonds. The van der Waals surface area contributed by atoms with Gasteiger partial charge in [0.15, 0.2) is 5.13 Å². The Labute approximate surface area is 139 Å². The second-order valence-corrected chi connectivity index (χ2v) is 5.84. The number of ether oxygens (including phenoxy) is 1. The molecule has 0 aliphatic rings. The predicted molar refractivity (Wildman–Crippen MR) is 93.4 cm³/mol. The van der Waals surface area contributed by atoms with E-state index in [2.05, 4.69) is 22.3 Å². The van der Waals surface area contributed by atoms with Crippen LogP contribution in [0.15, 0.2) is 36.9 Å². The van der Waals surface area contributed by atoms with Crippen molar-refractivity contribution in [2.45, 2.75) is 12.8 Å². The molecule has 0 spiro atoms. The standard InChI is InChI=1S/C16H20N4O2S/c1-3-10-18-16-19-15(11-4-6-12(22-2)7-5-11)13(23-16)8-9-14(21)20-17/h3-7H,1,8-10,17H2,2H3,(H,18,19)(H,20,21). The highest BCUT2D eigenvalue weighted by Gasteiger charge is 2.14. The molecule has 7 heteroatoms. The highest BCUT2D eigenvalue weighted by atomic mass is 32.1. The van der Waals surface area contributed by atoms with Gasteiger partial charge in [0.25, 0.3) is 0 Å². The van der Waals surface area contributed by atoms with Gasteiger partial charge in [-0.15, -0.1) is 17.9 Å². The lowest BCUT2D eigenvalue weighted by Gasteiger charge is -2.04. The minimum absolute atomic E-state index is 0.195. The Morgan fingerprint density at radius 1 is 1.43 bits per heavy atom. The molecule has 0 saturated heterocycles. The van der Waals surface area contributed by atoms with Crippen molar-refractivity contribution in [2.75, 3.05) is 19.0 Å². The minimum atomic E-state index is -0.195. The second-order valence-electron chi connectivity index (χ2n) is 4.76. The zero-order valence-electron chi connectivity index (χ0n) is 13.0. The van der Waals surface area contributed by atoms with E-state index in [1.54, 1.807) is 13.2 Å². The van der Waals surface area contributed by atoms with Gasteiger partial charge in [0.1, 0.15) is 5.75 Å². The lowest BCUT2D eigenvalue weighted by atomic mass is 10.1. The maximum Gasteiger partial charge on any atom is 0.234 e. The molecule has 0 atom stereocenters. The van der Waals surface area contributed by atoms with Gasteiger partial charge < -0.3 is 10.1 Å². The van der Waals surface area contributed by atoms with Crippen LogP contribution in [0.4, 0.5) is 5.13 Å². The van der Waals surface area contributed by atoms with E-state index in [9.17, 15) is 4.79 Å². The SMILES string of the molecule is C=CCNc1nc(-c2ccc(OC)cc2)c(CCC(=O)NN)s1. The van der Waals surface area contributed by atoms with Gasteiger partial charge in [-0.1, -0.05) is 6.08 Å². The van der Waals surface area contributed by atoms with Crippen molar-refractivity contribution in [3.8, 4) is 17.0 Å². The van der Waals surface area contributed by atoms with Crippen molar-refractivity contribution >= 4 is 22.4 Å². The fourth-order valence-electron chi connectivity index (χ4n) is 2.03. The number of anilines is 1. The van der Waals surface area contributed by atoms with Crippen molar-refractivity contribution in [1.82, 2.24) is 10.4 Å². The Bertz CT molecular complexity index is 667. The molecular formula is C16H20N4O2S. The molecule has 0 bridgehead atoms. The third-order valence-electron chi connectivity index (χ3n) is 3.20. The predicted octanol–water partition coefficient (Wildman–Crippen LogP) is 2.34. The smallest absolute Gasteiger partial charge is 0.234 e. The van der Waals surface area contributed by atoms with E-state index in [1.165, 1.54) is 11.3 Å². The Morgan fingerprint density at radius 3 is 2.78 bits per heavy atom. The van der Waals surface area contributed by atoms with E-state index in [4.69, 9.17) is 10.6 Å². The van der Waals surface area contributed by atoms with E-state index in [0.717, 1.165) is 27.0 Å². The Morgan fingerprint density at radius 2 is 2.17 bits per heavy atom. The van der Waals surface area contributed by atoms with Crippen LogP contribution in [-0.4, -0.2) is 24.5 Å². The largest absolute Gasteiger partial charge is 0.497 e. The van der Waals surface area contributed by atoms with Crippen LogP contribution in [-0.2, 0) is 11.2 Å². The van der Waals surface area contributed by atoms with E-state index in [1.807, 2.05) is 24.3 Å². The van der Waals surface area contributed by atoms with Gasteiger partial charge in [-0.25, -0.2) is 10.8 Å². The van der Waals surface area contributed by atoms with Crippen molar-refractivity contribution in [3.05, 3.63) is 41.8 Å². The molecule has 2 aromatic rings. The Kier molecular flexibility index (Phi) is 6.13. The molecule has 6 nitrogen and oxygen atoms in total. The highest BCUT2D eigenvalue weighted by molar-refractivity contribution is 7.16. The normalized spacial score (nSPS) is 10.2. The lowest BCUT2D eigenvalue weighted by molar-refractivity contribution is -0.121. The summed E-state index contributed by atoms with van der Waals surface area (Å²) in [6.45, 7) is 4.32. The third-order valence-corrected chi connectivity index (χ3v) is 4.27. The van der Waals surface area contributed by atoms with Crippen LogP contribution in [0, 0.1) is 0 Å². The average molecular weight is 332 g/mol. The number of hydrogen-bond donors (Lipinski definition) is 3. The first-order valence-electron chi connectivity index (χ1n) is 7.16. The van der Waals surface area contributed by atoms with Crippen molar-refractivity contribution in [3.63, 3.8) is 0 Å². The van der Waals surface area contributed by atoms with Crippen LogP contribution in [0.2, 0.25) is 0 Å². The molecule has 0 fully saturated rings. The van der Waals surface area contributed by atoms with E-state index in [0.29, 0.717) is 19.4 Å². The molecule has 1 heterocycles. The lowest BCUT2D eigenvalue weighted by Crippen LogP contribution is -2.30. The number of carbonyl (C=O) groups excluding carboxylic acids is 1. The first-order chi connectivity index (χ1) is 11.2. The molecular weight excluding hydrogens is 312 g/mol. The second kappa shape index (κ2) is 8.30. The Balaban J connectivity index is 2.27. The van der Waals surface area contributed by atoms with Crippen LogP contribution in [0.5, 0.6) is 5.75 Å². The number of amides is 1. The van der Waals surface area contributed by atoms with Gasteiger partial charge in [0.05, 0.1) is 12.8 Å². The van der Waals surface area contributed by atoms with Gasteiger partial charge in [-0.05, 0) is 30.7 Å². The third kappa shape index (κ3) is 4.54. The summed E-state index contributed by atoms with van der Waals surface area (Å²) < 4.78 is 5.18. The first-order valence-corrected chi connectivity index (χ1v) is 7.98. The minimum Gasteiger partial charge on any atom is -0.497 e. The maximum absolute atomic E-state index is 11.4. The molecule has 0 radical (unpaired) electrons. The number of aromatic nitrogens is 1.